The van der Waals surface area contributed by atoms with E-state index in [1.54, 1.807) is 36.9 Å². The molecule has 2 heterocycles. The number of hydrogen-bond donors (Lipinski definition) is 2. The number of rotatable bonds is 7. The quantitative estimate of drug-likeness (QED) is 0.823. The van der Waals surface area contributed by atoms with Crippen molar-refractivity contribution < 1.29 is 13.9 Å². The summed E-state index contributed by atoms with van der Waals surface area (Å²) in [6.07, 6.45) is 4.81. The molecule has 0 fully saturated rings. The van der Waals surface area contributed by atoms with E-state index in [4.69, 9.17) is 9.15 Å². The zero-order valence-electron chi connectivity index (χ0n) is 12.8. The van der Waals surface area contributed by atoms with Gasteiger partial charge in [-0.05, 0) is 30.2 Å². The molecule has 2 aromatic rings. The molecule has 0 saturated carbocycles. The average Bonchev–Trinajstić information content (AvgIpc) is 3.01. The van der Waals surface area contributed by atoms with E-state index in [-0.39, 0.29) is 12.1 Å². The number of nitrogens with one attached hydrogen (secondary N) is 2. The van der Waals surface area contributed by atoms with Crippen LogP contribution in [0.1, 0.15) is 25.6 Å². The fourth-order valence-electron chi connectivity index (χ4n) is 1.87. The lowest BCUT2D eigenvalue weighted by Crippen LogP contribution is -2.35. The molecule has 0 aliphatic heterocycles. The maximum atomic E-state index is 12.1. The van der Waals surface area contributed by atoms with Crippen LogP contribution in [0.25, 0.3) is 0 Å². The number of amides is 2. The van der Waals surface area contributed by atoms with E-state index in [0.717, 1.165) is 0 Å². The number of ether oxygens (including phenoxy) is 1. The summed E-state index contributed by atoms with van der Waals surface area (Å²) in [6, 6.07) is 6.38. The van der Waals surface area contributed by atoms with Crippen LogP contribution >= 0.6 is 0 Å². The molecule has 2 amide bonds. The van der Waals surface area contributed by atoms with Crippen LogP contribution in [0, 0.1) is 5.92 Å². The second-order valence-corrected chi connectivity index (χ2v) is 5.33. The van der Waals surface area contributed by atoms with E-state index in [0.29, 0.717) is 30.6 Å². The molecular formula is C16H21N3O3. The summed E-state index contributed by atoms with van der Waals surface area (Å²) in [7, 11) is 0. The van der Waals surface area contributed by atoms with Crippen LogP contribution in [0.4, 0.5) is 10.5 Å². The lowest BCUT2D eigenvalue weighted by atomic mass is 10.2. The third-order valence-electron chi connectivity index (χ3n) is 2.87. The zero-order chi connectivity index (χ0) is 15.8. The molecule has 1 atom stereocenters. The minimum absolute atomic E-state index is 0.319. The highest BCUT2D eigenvalue weighted by atomic mass is 16.5. The Morgan fingerprint density at radius 1 is 1.27 bits per heavy atom. The van der Waals surface area contributed by atoms with Crippen LogP contribution < -0.4 is 10.6 Å². The third-order valence-corrected chi connectivity index (χ3v) is 2.87. The average molecular weight is 303 g/mol. The fraction of sp³-hybridized carbons (Fsp3) is 0.375. The first-order valence-corrected chi connectivity index (χ1v) is 7.24. The Bertz CT molecular complexity index is 555. The van der Waals surface area contributed by atoms with E-state index in [1.807, 2.05) is 6.07 Å². The van der Waals surface area contributed by atoms with Gasteiger partial charge in [0.1, 0.15) is 11.8 Å². The van der Waals surface area contributed by atoms with Gasteiger partial charge in [-0.3, -0.25) is 4.98 Å². The summed E-state index contributed by atoms with van der Waals surface area (Å²) in [5, 5.41) is 5.60. The smallest absolute Gasteiger partial charge is 0.319 e. The van der Waals surface area contributed by atoms with Crippen molar-refractivity contribution in [1.82, 2.24) is 10.3 Å². The standard InChI is InChI=1S/C16H21N3O3/c1-12(2)10-21-11-14(15-4-3-9-22-15)19-16(20)18-13-5-7-17-8-6-13/h3-9,12,14H,10-11H2,1-2H3,(H2,17,18,19,20). The van der Waals surface area contributed by atoms with Crippen LogP contribution in [0.2, 0.25) is 0 Å². The lowest BCUT2D eigenvalue weighted by Gasteiger charge is -2.18. The van der Waals surface area contributed by atoms with E-state index in [1.165, 1.54) is 0 Å². The molecule has 2 N–H and O–H groups in total. The Morgan fingerprint density at radius 3 is 2.68 bits per heavy atom. The van der Waals surface area contributed by atoms with Gasteiger partial charge < -0.3 is 19.8 Å². The number of carbonyl (C=O) groups is 1. The summed E-state index contributed by atoms with van der Waals surface area (Å²) in [5.74, 6) is 1.09. The van der Waals surface area contributed by atoms with Crippen LogP contribution in [0.15, 0.2) is 47.3 Å². The van der Waals surface area contributed by atoms with Gasteiger partial charge in [0, 0.05) is 24.7 Å². The van der Waals surface area contributed by atoms with Gasteiger partial charge in [-0.1, -0.05) is 13.8 Å². The van der Waals surface area contributed by atoms with Crippen molar-refractivity contribution in [2.45, 2.75) is 19.9 Å². The van der Waals surface area contributed by atoms with Crippen molar-refractivity contribution in [3.8, 4) is 0 Å². The van der Waals surface area contributed by atoms with Gasteiger partial charge in [-0.2, -0.15) is 0 Å². The largest absolute Gasteiger partial charge is 0.467 e. The molecule has 22 heavy (non-hydrogen) atoms. The SMILES string of the molecule is CC(C)COCC(NC(=O)Nc1ccncc1)c1ccco1. The second-order valence-electron chi connectivity index (χ2n) is 5.33. The van der Waals surface area contributed by atoms with Gasteiger partial charge in [0.2, 0.25) is 0 Å². The molecule has 0 bridgehead atoms. The number of carbonyl (C=O) groups excluding carboxylic acids is 1. The number of hydrogen-bond acceptors (Lipinski definition) is 4. The Morgan fingerprint density at radius 2 is 2.05 bits per heavy atom. The highest BCUT2D eigenvalue weighted by molar-refractivity contribution is 5.89. The minimum atomic E-state index is -0.337. The molecule has 0 aliphatic rings. The molecule has 6 heteroatoms. The first-order chi connectivity index (χ1) is 10.6. The van der Waals surface area contributed by atoms with Gasteiger partial charge in [-0.25, -0.2) is 4.79 Å². The number of urea groups is 1. The number of furan rings is 1. The molecule has 118 valence electrons. The van der Waals surface area contributed by atoms with Crippen LogP contribution in [-0.4, -0.2) is 24.2 Å². The Balaban J connectivity index is 1.92. The number of aromatic nitrogens is 1. The van der Waals surface area contributed by atoms with Crippen molar-refractivity contribution in [1.29, 1.82) is 0 Å². The highest BCUT2D eigenvalue weighted by Crippen LogP contribution is 2.15. The molecular weight excluding hydrogens is 282 g/mol. The molecule has 0 aromatic carbocycles. The van der Waals surface area contributed by atoms with Crippen molar-refractivity contribution in [2.24, 2.45) is 5.92 Å². The summed E-state index contributed by atoms with van der Waals surface area (Å²) >= 11 is 0. The van der Waals surface area contributed by atoms with E-state index in [2.05, 4.69) is 29.5 Å². The van der Waals surface area contributed by atoms with Gasteiger partial charge in [0.25, 0.3) is 0 Å². The summed E-state index contributed by atoms with van der Waals surface area (Å²) in [4.78, 5) is 16.0. The fourth-order valence-corrected chi connectivity index (χ4v) is 1.87. The first-order valence-electron chi connectivity index (χ1n) is 7.24. The maximum Gasteiger partial charge on any atom is 0.319 e. The molecule has 2 aromatic heterocycles. The molecule has 0 aliphatic carbocycles. The Labute approximate surface area is 129 Å². The van der Waals surface area contributed by atoms with Crippen molar-refractivity contribution >= 4 is 11.7 Å². The summed E-state index contributed by atoms with van der Waals surface area (Å²) in [6.45, 7) is 5.14. The topological polar surface area (TPSA) is 76.4 Å². The molecule has 1 unspecified atom stereocenters. The van der Waals surface area contributed by atoms with Gasteiger partial charge in [-0.15, -0.1) is 0 Å². The number of pyridine rings is 1. The molecule has 0 saturated heterocycles. The summed E-state index contributed by atoms with van der Waals surface area (Å²) < 4.78 is 11.0. The van der Waals surface area contributed by atoms with Gasteiger partial charge >= 0.3 is 6.03 Å². The Kier molecular flexibility index (Phi) is 5.97. The van der Waals surface area contributed by atoms with Crippen molar-refractivity contribution in [2.75, 3.05) is 18.5 Å². The summed E-state index contributed by atoms with van der Waals surface area (Å²) in [5.41, 5.74) is 0.675. The van der Waals surface area contributed by atoms with E-state index < -0.39 is 0 Å². The van der Waals surface area contributed by atoms with Crippen LogP contribution in [0.3, 0.4) is 0 Å². The van der Waals surface area contributed by atoms with E-state index in [9.17, 15) is 4.79 Å². The third kappa shape index (κ3) is 5.21. The predicted octanol–water partition coefficient (Wildman–Crippen LogP) is 3.21. The number of anilines is 1. The second kappa shape index (κ2) is 8.19. The van der Waals surface area contributed by atoms with E-state index >= 15 is 0 Å². The molecule has 6 nitrogen and oxygen atoms in total. The molecule has 2 rings (SSSR count). The molecule has 0 radical (unpaired) electrons. The van der Waals surface area contributed by atoms with Crippen LogP contribution in [-0.2, 0) is 4.74 Å². The Hall–Kier alpha value is -2.34. The monoisotopic (exact) mass is 303 g/mol. The zero-order valence-corrected chi connectivity index (χ0v) is 12.8. The van der Waals surface area contributed by atoms with Crippen molar-refractivity contribution in [3.63, 3.8) is 0 Å². The highest BCUT2D eigenvalue weighted by Gasteiger charge is 2.17. The predicted molar refractivity (Wildman–Crippen MR) is 83.5 cm³/mol. The van der Waals surface area contributed by atoms with Gasteiger partial charge in [0.05, 0.1) is 12.9 Å². The number of nitrogens with zero attached hydrogens (tertiary/aromatic N) is 1. The first kappa shape index (κ1) is 16.0. The van der Waals surface area contributed by atoms with Crippen LogP contribution in [0.5, 0.6) is 0 Å². The maximum absolute atomic E-state index is 12.1. The van der Waals surface area contributed by atoms with Crippen molar-refractivity contribution in [3.05, 3.63) is 48.7 Å². The normalized spacial score (nSPS) is 12.1. The lowest BCUT2D eigenvalue weighted by molar-refractivity contribution is 0.0874. The van der Waals surface area contributed by atoms with Gasteiger partial charge in [0.15, 0.2) is 0 Å². The molecule has 0 spiro atoms. The minimum Gasteiger partial charge on any atom is -0.467 e.